The van der Waals surface area contributed by atoms with Gasteiger partial charge in [-0.2, -0.15) is 13.2 Å². The number of halogens is 5. The maximum Gasteiger partial charge on any atom is 0.417 e. The molecule has 1 aliphatic rings. The first-order chi connectivity index (χ1) is 8.38. The van der Waals surface area contributed by atoms with E-state index in [0.717, 1.165) is 12.3 Å². The lowest BCUT2D eigenvalue weighted by Gasteiger charge is -2.17. The summed E-state index contributed by atoms with van der Waals surface area (Å²) in [5.74, 6) is -0.416. The molecule has 1 aliphatic heterocycles. The van der Waals surface area contributed by atoms with Crippen LogP contribution in [0.25, 0.3) is 0 Å². The van der Waals surface area contributed by atoms with E-state index < -0.39 is 24.1 Å². The number of hydrogen-bond donors (Lipinski definition) is 0. The van der Waals surface area contributed by atoms with Crippen LogP contribution in [0.2, 0.25) is 0 Å². The fourth-order valence-electron chi connectivity index (χ4n) is 1.94. The molecule has 1 saturated heterocycles. The summed E-state index contributed by atoms with van der Waals surface area (Å²) in [6.45, 7) is 0.531. The first-order valence-corrected chi connectivity index (χ1v) is 5.44. The number of rotatable bonds is 2. The second-order valence-corrected chi connectivity index (χ2v) is 4.23. The van der Waals surface area contributed by atoms with Crippen LogP contribution in [0.5, 0.6) is 0 Å². The Morgan fingerprint density at radius 1 is 1.28 bits per heavy atom. The molecular formula is C11H11F5N2. The first-order valence-electron chi connectivity index (χ1n) is 5.44. The molecule has 0 bridgehead atoms. The van der Waals surface area contributed by atoms with Crippen molar-refractivity contribution in [2.75, 3.05) is 18.0 Å². The Morgan fingerprint density at radius 2 is 2.00 bits per heavy atom. The fourth-order valence-corrected chi connectivity index (χ4v) is 1.94. The predicted molar refractivity (Wildman–Crippen MR) is 55.6 cm³/mol. The van der Waals surface area contributed by atoms with Crippen molar-refractivity contribution < 1.29 is 22.0 Å². The van der Waals surface area contributed by atoms with Crippen molar-refractivity contribution in [1.82, 2.24) is 4.98 Å². The summed E-state index contributed by atoms with van der Waals surface area (Å²) in [5, 5.41) is 0. The van der Waals surface area contributed by atoms with Crippen LogP contribution in [0.1, 0.15) is 12.0 Å². The van der Waals surface area contributed by atoms with E-state index in [9.17, 15) is 22.0 Å². The number of anilines is 1. The van der Waals surface area contributed by atoms with Crippen molar-refractivity contribution in [3.05, 3.63) is 23.9 Å². The molecular weight excluding hydrogens is 255 g/mol. The van der Waals surface area contributed by atoms with Crippen LogP contribution in [0.3, 0.4) is 0 Å². The molecule has 1 aromatic rings. The van der Waals surface area contributed by atoms with Gasteiger partial charge in [-0.1, -0.05) is 0 Å². The van der Waals surface area contributed by atoms with Crippen molar-refractivity contribution in [2.45, 2.75) is 19.0 Å². The molecule has 7 heteroatoms. The molecule has 0 saturated carbocycles. The van der Waals surface area contributed by atoms with Gasteiger partial charge in [-0.3, -0.25) is 0 Å². The van der Waals surface area contributed by atoms with E-state index >= 15 is 0 Å². The second kappa shape index (κ2) is 4.70. The monoisotopic (exact) mass is 266 g/mol. The first kappa shape index (κ1) is 13.0. The van der Waals surface area contributed by atoms with Crippen LogP contribution >= 0.6 is 0 Å². The van der Waals surface area contributed by atoms with E-state index in [2.05, 4.69) is 4.98 Å². The van der Waals surface area contributed by atoms with Gasteiger partial charge in [-0.15, -0.1) is 0 Å². The van der Waals surface area contributed by atoms with Gasteiger partial charge in [0.2, 0.25) is 6.43 Å². The van der Waals surface area contributed by atoms with Crippen molar-refractivity contribution in [1.29, 1.82) is 0 Å². The molecule has 0 N–H and O–H groups in total. The SMILES string of the molecule is FC(F)C1CCN(c2ccc(C(F)(F)F)cn2)C1. The van der Waals surface area contributed by atoms with E-state index in [1.54, 1.807) is 4.90 Å². The molecule has 2 heterocycles. The minimum Gasteiger partial charge on any atom is -0.356 e. The van der Waals surface area contributed by atoms with E-state index in [4.69, 9.17) is 0 Å². The molecule has 1 unspecified atom stereocenters. The molecule has 0 aromatic carbocycles. The summed E-state index contributed by atoms with van der Waals surface area (Å²) in [4.78, 5) is 5.26. The average molecular weight is 266 g/mol. The number of alkyl halides is 5. The van der Waals surface area contributed by atoms with Gasteiger partial charge in [0.05, 0.1) is 5.56 Å². The summed E-state index contributed by atoms with van der Waals surface area (Å²) in [6, 6.07) is 2.13. The summed E-state index contributed by atoms with van der Waals surface area (Å²) < 4.78 is 61.8. The molecule has 1 aromatic heterocycles. The van der Waals surface area contributed by atoms with Crippen molar-refractivity contribution in [3.63, 3.8) is 0 Å². The third-order valence-corrected chi connectivity index (χ3v) is 2.98. The van der Waals surface area contributed by atoms with E-state index in [1.807, 2.05) is 0 Å². The van der Waals surface area contributed by atoms with Crippen LogP contribution in [-0.2, 0) is 6.18 Å². The maximum atomic E-state index is 12.5. The van der Waals surface area contributed by atoms with E-state index in [0.29, 0.717) is 18.8 Å². The molecule has 0 aliphatic carbocycles. The molecule has 0 amide bonds. The van der Waals surface area contributed by atoms with Crippen LogP contribution in [0.4, 0.5) is 27.8 Å². The molecule has 0 radical (unpaired) electrons. The van der Waals surface area contributed by atoms with Crippen LogP contribution in [-0.4, -0.2) is 24.5 Å². The van der Waals surface area contributed by atoms with E-state index in [1.165, 1.54) is 6.07 Å². The lowest BCUT2D eigenvalue weighted by atomic mass is 10.1. The zero-order valence-corrected chi connectivity index (χ0v) is 9.29. The highest BCUT2D eigenvalue weighted by Crippen LogP contribution is 2.31. The molecule has 100 valence electrons. The predicted octanol–water partition coefficient (Wildman–Crippen LogP) is 3.19. The lowest BCUT2D eigenvalue weighted by Crippen LogP contribution is -2.23. The Morgan fingerprint density at radius 3 is 2.44 bits per heavy atom. The minimum atomic E-state index is -4.43. The Kier molecular flexibility index (Phi) is 3.41. The standard InChI is InChI=1S/C11H11F5N2/c12-10(13)7-3-4-18(6-7)9-2-1-8(5-17-9)11(14,15)16/h1-2,5,7,10H,3-4,6H2. The zero-order chi connectivity index (χ0) is 13.3. The third kappa shape index (κ3) is 2.70. The fraction of sp³-hybridized carbons (Fsp3) is 0.545. The van der Waals surface area contributed by atoms with Gasteiger partial charge in [0, 0.05) is 25.2 Å². The summed E-state index contributed by atoms with van der Waals surface area (Å²) >= 11 is 0. The van der Waals surface area contributed by atoms with Crippen molar-refractivity contribution >= 4 is 5.82 Å². The topological polar surface area (TPSA) is 16.1 Å². The van der Waals surface area contributed by atoms with Gasteiger partial charge in [0.15, 0.2) is 0 Å². The molecule has 2 nitrogen and oxygen atoms in total. The highest BCUT2D eigenvalue weighted by molar-refractivity contribution is 5.41. The summed E-state index contributed by atoms with van der Waals surface area (Å²) in [5.41, 5.74) is -0.837. The quantitative estimate of drug-likeness (QED) is 0.764. The zero-order valence-electron chi connectivity index (χ0n) is 9.29. The lowest BCUT2D eigenvalue weighted by molar-refractivity contribution is -0.137. The molecule has 2 rings (SSSR count). The average Bonchev–Trinajstić information content (AvgIpc) is 2.77. The maximum absolute atomic E-state index is 12.5. The van der Waals surface area contributed by atoms with Crippen LogP contribution in [0.15, 0.2) is 18.3 Å². The minimum absolute atomic E-state index is 0.135. The van der Waals surface area contributed by atoms with E-state index in [-0.39, 0.29) is 6.54 Å². The van der Waals surface area contributed by atoms with Crippen molar-refractivity contribution in [3.8, 4) is 0 Å². The molecule has 1 fully saturated rings. The smallest absolute Gasteiger partial charge is 0.356 e. The number of nitrogens with zero attached hydrogens (tertiary/aromatic N) is 2. The van der Waals surface area contributed by atoms with Crippen molar-refractivity contribution in [2.24, 2.45) is 5.92 Å². The normalized spacial score (nSPS) is 20.8. The third-order valence-electron chi connectivity index (χ3n) is 2.98. The highest BCUT2D eigenvalue weighted by atomic mass is 19.4. The van der Waals surface area contributed by atoms with Gasteiger partial charge in [-0.05, 0) is 18.6 Å². The van der Waals surface area contributed by atoms with Gasteiger partial charge in [0.1, 0.15) is 5.82 Å². The number of pyridine rings is 1. The van der Waals surface area contributed by atoms with Crippen LogP contribution < -0.4 is 4.90 Å². The van der Waals surface area contributed by atoms with Gasteiger partial charge in [0.25, 0.3) is 0 Å². The Bertz CT molecular complexity index is 401. The molecule has 0 spiro atoms. The molecule has 18 heavy (non-hydrogen) atoms. The van der Waals surface area contributed by atoms with Gasteiger partial charge in [-0.25, -0.2) is 13.8 Å². The Hall–Kier alpha value is -1.40. The Balaban J connectivity index is 2.07. The highest BCUT2D eigenvalue weighted by Gasteiger charge is 2.32. The Labute approximate surface area is 100 Å². The molecule has 1 atom stereocenters. The number of hydrogen-bond acceptors (Lipinski definition) is 2. The summed E-state index contributed by atoms with van der Waals surface area (Å²) in [7, 11) is 0. The second-order valence-electron chi connectivity index (χ2n) is 4.23. The largest absolute Gasteiger partial charge is 0.417 e. The summed E-state index contributed by atoms with van der Waals surface area (Å²) in [6.07, 6.45) is -5.77. The van der Waals surface area contributed by atoms with Gasteiger partial charge >= 0.3 is 6.18 Å². The van der Waals surface area contributed by atoms with Crippen LogP contribution in [0, 0.1) is 5.92 Å². The number of aromatic nitrogens is 1. The van der Waals surface area contributed by atoms with Gasteiger partial charge < -0.3 is 4.90 Å².